The maximum absolute atomic E-state index is 11.9. The second-order valence-electron chi connectivity index (χ2n) is 2.78. The molecular weight excluding hydrogens is 231 g/mol. The van der Waals surface area contributed by atoms with Crippen molar-refractivity contribution in [3.05, 3.63) is 12.2 Å². The number of allylic oxidation sites excluding steroid dienone is 1. The van der Waals surface area contributed by atoms with Gasteiger partial charge in [0, 0.05) is 6.08 Å². The van der Waals surface area contributed by atoms with Gasteiger partial charge in [0.05, 0.1) is 26.0 Å². The second-order valence-corrected chi connectivity index (χ2v) is 4.89. The molecule has 0 amide bonds. The molecule has 0 spiro atoms. The monoisotopic (exact) mass is 250 g/mol. The summed E-state index contributed by atoms with van der Waals surface area (Å²) in [4.78, 5) is 11.0. The molecule has 0 radical (unpaired) electrons. The van der Waals surface area contributed by atoms with Crippen LogP contribution in [0.2, 0.25) is 0 Å². The van der Waals surface area contributed by atoms with Crippen LogP contribution in [0, 0.1) is 0 Å². The van der Waals surface area contributed by atoms with E-state index in [-0.39, 0.29) is 6.16 Å². The van der Waals surface area contributed by atoms with Gasteiger partial charge in [0.15, 0.2) is 0 Å². The Kier molecular flexibility index (Phi) is 8.16. The zero-order chi connectivity index (χ0) is 12.4. The van der Waals surface area contributed by atoms with Gasteiger partial charge in [-0.1, -0.05) is 6.08 Å². The van der Waals surface area contributed by atoms with Crippen LogP contribution in [0.3, 0.4) is 0 Å². The van der Waals surface area contributed by atoms with Crippen molar-refractivity contribution in [2.24, 2.45) is 0 Å². The van der Waals surface area contributed by atoms with Gasteiger partial charge in [-0.05, 0) is 20.8 Å². The maximum atomic E-state index is 11.9. The normalized spacial score (nSPS) is 11.9. The lowest BCUT2D eigenvalue weighted by Gasteiger charge is -2.14. The quantitative estimate of drug-likeness (QED) is 0.376. The fraction of sp³-hybridized carbons (Fsp3) is 0.700. The van der Waals surface area contributed by atoms with E-state index in [1.54, 1.807) is 20.8 Å². The molecule has 94 valence electrons. The van der Waals surface area contributed by atoms with Crippen molar-refractivity contribution >= 4 is 13.6 Å². The standard InChI is InChI=1S/C10H19O5P/c1-4-13-10(11)8-7-9-16(12,14-5-2)15-6-3/h7-8H,4-6,9H2,1-3H3/b8-7-. The molecule has 0 rings (SSSR count). The van der Waals surface area contributed by atoms with Crippen molar-refractivity contribution < 1.29 is 23.1 Å². The van der Waals surface area contributed by atoms with Crippen LogP contribution in [-0.4, -0.2) is 32.0 Å². The summed E-state index contributed by atoms with van der Waals surface area (Å²) in [5.74, 6) is -0.456. The van der Waals surface area contributed by atoms with Crippen LogP contribution >= 0.6 is 7.60 Å². The van der Waals surface area contributed by atoms with Crippen LogP contribution in [0.25, 0.3) is 0 Å². The van der Waals surface area contributed by atoms with Crippen molar-refractivity contribution in [3.8, 4) is 0 Å². The summed E-state index contributed by atoms with van der Waals surface area (Å²) in [5.41, 5.74) is 0. The van der Waals surface area contributed by atoms with Crippen molar-refractivity contribution in [3.63, 3.8) is 0 Å². The van der Waals surface area contributed by atoms with E-state index >= 15 is 0 Å². The van der Waals surface area contributed by atoms with Gasteiger partial charge in [-0.3, -0.25) is 4.57 Å². The number of ether oxygens (including phenoxy) is 1. The van der Waals surface area contributed by atoms with Crippen LogP contribution in [0.1, 0.15) is 20.8 Å². The molecule has 0 aliphatic heterocycles. The number of carbonyl (C=O) groups is 1. The summed E-state index contributed by atoms with van der Waals surface area (Å²) in [6.45, 7) is 6.13. The zero-order valence-corrected chi connectivity index (χ0v) is 10.9. The van der Waals surface area contributed by atoms with E-state index in [1.165, 1.54) is 12.2 Å². The third-order valence-electron chi connectivity index (χ3n) is 1.52. The largest absolute Gasteiger partial charge is 0.463 e. The van der Waals surface area contributed by atoms with E-state index in [2.05, 4.69) is 4.74 Å². The molecule has 0 heterocycles. The molecule has 5 nitrogen and oxygen atoms in total. The third-order valence-corrected chi connectivity index (χ3v) is 3.48. The molecule has 0 aliphatic carbocycles. The molecule has 0 aromatic heterocycles. The Labute approximate surface area is 96.3 Å². The van der Waals surface area contributed by atoms with E-state index in [0.29, 0.717) is 19.8 Å². The van der Waals surface area contributed by atoms with Crippen LogP contribution < -0.4 is 0 Å². The Hall–Kier alpha value is -0.640. The maximum Gasteiger partial charge on any atom is 0.334 e. The van der Waals surface area contributed by atoms with Gasteiger partial charge < -0.3 is 13.8 Å². The number of hydrogen-bond donors (Lipinski definition) is 0. The minimum absolute atomic E-state index is 0.0769. The van der Waals surface area contributed by atoms with Crippen LogP contribution in [0.4, 0.5) is 0 Å². The van der Waals surface area contributed by atoms with Crippen LogP contribution in [0.5, 0.6) is 0 Å². The highest BCUT2D eigenvalue weighted by atomic mass is 31.2. The lowest BCUT2D eigenvalue weighted by Crippen LogP contribution is -2.01. The topological polar surface area (TPSA) is 61.8 Å². The first kappa shape index (κ1) is 15.4. The number of hydrogen-bond acceptors (Lipinski definition) is 5. The first-order valence-corrected chi connectivity index (χ1v) is 7.02. The SMILES string of the molecule is CCOC(=O)/C=C\CP(=O)(OCC)OCC. The Morgan fingerprint density at radius 1 is 1.12 bits per heavy atom. The van der Waals surface area contributed by atoms with E-state index in [1.807, 2.05) is 0 Å². The minimum Gasteiger partial charge on any atom is -0.463 e. The minimum atomic E-state index is -3.09. The molecule has 0 bridgehead atoms. The lowest BCUT2D eigenvalue weighted by atomic mass is 10.5. The summed E-state index contributed by atoms with van der Waals surface area (Å²) in [6.07, 6.45) is 2.76. The fourth-order valence-corrected chi connectivity index (χ4v) is 2.44. The first-order chi connectivity index (χ1) is 7.58. The van der Waals surface area contributed by atoms with Gasteiger partial charge in [-0.2, -0.15) is 0 Å². The van der Waals surface area contributed by atoms with Crippen molar-refractivity contribution in [2.75, 3.05) is 26.0 Å². The molecule has 6 heteroatoms. The van der Waals surface area contributed by atoms with Gasteiger partial charge >= 0.3 is 13.6 Å². The molecule has 0 aromatic carbocycles. The van der Waals surface area contributed by atoms with Crippen LogP contribution in [-0.2, 0) is 23.1 Å². The van der Waals surface area contributed by atoms with Gasteiger partial charge in [-0.25, -0.2) is 4.79 Å². The molecular formula is C10H19O5P. The highest BCUT2D eigenvalue weighted by molar-refractivity contribution is 7.54. The Bertz CT molecular complexity index is 264. The van der Waals surface area contributed by atoms with E-state index in [4.69, 9.17) is 9.05 Å². The molecule has 0 fully saturated rings. The first-order valence-electron chi connectivity index (χ1n) is 5.29. The summed E-state index contributed by atoms with van der Waals surface area (Å²) >= 11 is 0. The highest BCUT2D eigenvalue weighted by Crippen LogP contribution is 2.47. The predicted octanol–water partition coefficient (Wildman–Crippen LogP) is 2.37. The Morgan fingerprint density at radius 3 is 2.12 bits per heavy atom. The van der Waals surface area contributed by atoms with Gasteiger partial charge in [0.2, 0.25) is 0 Å². The summed E-state index contributed by atoms with van der Waals surface area (Å²) in [5, 5.41) is 0. The second kappa shape index (κ2) is 8.50. The average Bonchev–Trinajstić information content (AvgIpc) is 2.18. The van der Waals surface area contributed by atoms with Gasteiger partial charge in [0.25, 0.3) is 0 Å². The average molecular weight is 250 g/mol. The molecule has 0 saturated carbocycles. The fourth-order valence-electron chi connectivity index (χ4n) is 1.00. The smallest absolute Gasteiger partial charge is 0.334 e. The molecule has 16 heavy (non-hydrogen) atoms. The molecule has 0 saturated heterocycles. The van der Waals surface area contributed by atoms with Crippen molar-refractivity contribution in [2.45, 2.75) is 20.8 Å². The highest BCUT2D eigenvalue weighted by Gasteiger charge is 2.21. The van der Waals surface area contributed by atoms with Gasteiger partial charge in [-0.15, -0.1) is 0 Å². The summed E-state index contributed by atoms with van der Waals surface area (Å²) in [7, 11) is -3.09. The predicted molar refractivity (Wildman–Crippen MR) is 61.5 cm³/mol. The van der Waals surface area contributed by atoms with Crippen molar-refractivity contribution in [1.29, 1.82) is 0 Å². The van der Waals surface area contributed by atoms with E-state index in [0.717, 1.165) is 0 Å². The number of rotatable bonds is 8. The number of carbonyl (C=O) groups excluding carboxylic acids is 1. The summed E-state index contributed by atoms with van der Waals surface area (Å²) in [6, 6.07) is 0. The molecule has 0 N–H and O–H groups in total. The zero-order valence-electron chi connectivity index (χ0n) is 9.97. The molecule has 0 unspecified atom stereocenters. The Morgan fingerprint density at radius 2 is 1.69 bits per heavy atom. The molecule has 0 atom stereocenters. The Balaban J connectivity index is 4.21. The van der Waals surface area contributed by atoms with Gasteiger partial charge in [0.1, 0.15) is 0 Å². The van der Waals surface area contributed by atoms with E-state index < -0.39 is 13.6 Å². The number of esters is 1. The summed E-state index contributed by atoms with van der Waals surface area (Å²) < 4.78 is 26.7. The van der Waals surface area contributed by atoms with Crippen LogP contribution in [0.15, 0.2) is 12.2 Å². The lowest BCUT2D eigenvalue weighted by molar-refractivity contribution is -0.137. The van der Waals surface area contributed by atoms with E-state index in [9.17, 15) is 9.36 Å². The third kappa shape index (κ3) is 6.77. The molecule has 0 aromatic rings. The molecule has 0 aliphatic rings. The van der Waals surface area contributed by atoms with Crippen molar-refractivity contribution in [1.82, 2.24) is 0 Å².